The lowest BCUT2D eigenvalue weighted by Gasteiger charge is -2.15. The normalized spacial score (nSPS) is 14.0. The Morgan fingerprint density at radius 3 is 2.00 bits per heavy atom. The number of rotatable bonds is 9. The highest BCUT2D eigenvalue weighted by molar-refractivity contribution is 6.24. The molecule has 0 amide bonds. The molecule has 2 aromatic rings. The third-order valence-corrected chi connectivity index (χ3v) is 4.35. The van der Waals surface area contributed by atoms with Crippen molar-refractivity contribution in [2.75, 3.05) is 13.2 Å². The first-order valence-electron chi connectivity index (χ1n) is 8.72. The van der Waals surface area contributed by atoms with Crippen LogP contribution in [0.25, 0.3) is 11.1 Å². The van der Waals surface area contributed by atoms with Crippen molar-refractivity contribution in [2.24, 2.45) is 5.16 Å². The van der Waals surface area contributed by atoms with Gasteiger partial charge in [0.1, 0.15) is 24.5 Å². The van der Waals surface area contributed by atoms with Gasteiger partial charge in [-0.25, -0.2) is 0 Å². The van der Waals surface area contributed by atoms with E-state index in [1.54, 1.807) is 0 Å². The van der Waals surface area contributed by atoms with Crippen LogP contribution < -0.4 is 5.32 Å². The molecule has 8 heteroatoms. The minimum Gasteiger partial charge on any atom is -0.481 e. The van der Waals surface area contributed by atoms with Gasteiger partial charge < -0.3 is 25.5 Å². The lowest BCUT2D eigenvalue weighted by Crippen LogP contribution is -2.43. The zero-order valence-electron chi connectivity index (χ0n) is 14.9. The molecule has 0 bridgehead atoms. The van der Waals surface area contributed by atoms with Crippen LogP contribution in [0.4, 0.5) is 0 Å². The topological polar surface area (TPSA) is 128 Å². The van der Waals surface area contributed by atoms with Crippen LogP contribution in [0.5, 0.6) is 0 Å². The maximum atomic E-state index is 11.0. The van der Waals surface area contributed by atoms with E-state index in [-0.39, 0.29) is 13.2 Å². The average molecular weight is 384 g/mol. The van der Waals surface area contributed by atoms with Crippen molar-refractivity contribution in [1.82, 2.24) is 5.32 Å². The number of nitrogens with one attached hydrogen (secondary N) is 1. The lowest BCUT2D eigenvalue weighted by molar-refractivity contribution is -0.146. The fourth-order valence-corrected chi connectivity index (χ4v) is 3.04. The number of aliphatic hydroxyl groups excluding tert-OH is 1. The Hall–Kier alpha value is -3.23. The van der Waals surface area contributed by atoms with Crippen LogP contribution >= 0.6 is 0 Å². The van der Waals surface area contributed by atoms with E-state index in [2.05, 4.69) is 10.5 Å². The van der Waals surface area contributed by atoms with Crippen molar-refractivity contribution in [3.8, 4) is 11.1 Å². The highest BCUT2D eigenvalue weighted by Crippen LogP contribution is 2.36. The molecule has 0 fully saturated rings. The molecule has 8 nitrogen and oxygen atoms in total. The van der Waals surface area contributed by atoms with Gasteiger partial charge in [-0.2, -0.15) is 0 Å². The van der Waals surface area contributed by atoms with Gasteiger partial charge in [0.05, 0.1) is 6.42 Å². The molecular weight excluding hydrogens is 364 g/mol. The third-order valence-electron chi connectivity index (χ3n) is 4.35. The van der Waals surface area contributed by atoms with Crippen molar-refractivity contribution < 1.29 is 29.7 Å². The minimum atomic E-state index is -1.30. The first-order valence-corrected chi connectivity index (χ1v) is 8.72. The Bertz CT molecular complexity index is 864. The molecule has 1 aliphatic rings. The molecule has 0 spiro atoms. The molecule has 0 saturated carbocycles. The van der Waals surface area contributed by atoms with Gasteiger partial charge in [-0.3, -0.25) is 9.59 Å². The molecule has 28 heavy (non-hydrogen) atoms. The van der Waals surface area contributed by atoms with Crippen LogP contribution in [0.2, 0.25) is 0 Å². The second kappa shape index (κ2) is 8.64. The average Bonchev–Trinajstić information content (AvgIpc) is 2.99. The molecular formula is C20H20N2O6. The Morgan fingerprint density at radius 1 is 0.964 bits per heavy atom. The number of carboxylic acids is 2. The van der Waals surface area contributed by atoms with Crippen molar-refractivity contribution in [1.29, 1.82) is 0 Å². The largest absolute Gasteiger partial charge is 0.481 e. The Balaban J connectivity index is 1.62. The summed E-state index contributed by atoms with van der Waals surface area (Å²) in [6.45, 7) is -0.303. The molecule has 4 N–H and O–H groups in total. The molecule has 0 unspecified atom stereocenters. The van der Waals surface area contributed by atoms with Gasteiger partial charge >= 0.3 is 11.9 Å². The van der Waals surface area contributed by atoms with Crippen LogP contribution in [0.15, 0.2) is 53.7 Å². The molecule has 1 aliphatic carbocycles. The van der Waals surface area contributed by atoms with Gasteiger partial charge in [0.2, 0.25) is 0 Å². The van der Waals surface area contributed by atoms with E-state index in [4.69, 9.17) is 15.1 Å². The van der Waals surface area contributed by atoms with E-state index in [0.717, 1.165) is 22.3 Å². The van der Waals surface area contributed by atoms with E-state index in [1.165, 1.54) is 0 Å². The summed E-state index contributed by atoms with van der Waals surface area (Å²) in [6.07, 6.45) is -1.63. The first kappa shape index (κ1) is 19.5. The van der Waals surface area contributed by atoms with E-state index >= 15 is 0 Å². The summed E-state index contributed by atoms with van der Waals surface area (Å²) >= 11 is 0. The Morgan fingerprint density at radius 2 is 1.50 bits per heavy atom. The number of carbonyl (C=O) groups is 2. The maximum Gasteiger partial charge on any atom is 0.321 e. The van der Waals surface area contributed by atoms with Crippen LogP contribution in [0.3, 0.4) is 0 Å². The second-order valence-corrected chi connectivity index (χ2v) is 6.38. The number of oxime groups is 1. The van der Waals surface area contributed by atoms with Gasteiger partial charge in [-0.1, -0.05) is 53.7 Å². The SMILES string of the molecule is O=C(O)C[C@@H](NC[C@H](O)CON=C1c2ccccc2-c2ccccc21)C(=O)O. The molecule has 2 aromatic carbocycles. The summed E-state index contributed by atoms with van der Waals surface area (Å²) < 4.78 is 0. The molecule has 0 heterocycles. The number of carboxylic acid groups (broad SMARTS) is 2. The number of hydrogen-bond acceptors (Lipinski definition) is 6. The smallest absolute Gasteiger partial charge is 0.321 e. The summed E-state index contributed by atoms with van der Waals surface area (Å²) in [5.74, 6) is -2.54. The van der Waals surface area contributed by atoms with E-state index in [1.807, 2.05) is 48.5 Å². The standard InChI is InChI=1S/C20H20N2O6/c23-12(10-21-17(20(26)27)9-18(24)25)11-28-22-19-15-7-3-1-5-13(15)14-6-2-4-8-16(14)19/h1-8,12,17,21,23H,9-11H2,(H,24,25)(H,26,27)/t12-,17+/m0/s1. The number of aliphatic hydroxyl groups is 1. The van der Waals surface area contributed by atoms with Crippen molar-refractivity contribution in [2.45, 2.75) is 18.6 Å². The predicted molar refractivity (Wildman–Crippen MR) is 101 cm³/mol. The zero-order valence-corrected chi connectivity index (χ0v) is 14.9. The number of fused-ring (bicyclic) bond motifs is 3. The van der Waals surface area contributed by atoms with Crippen molar-refractivity contribution in [3.63, 3.8) is 0 Å². The van der Waals surface area contributed by atoms with E-state index in [9.17, 15) is 14.7 Å². The Labute approximate surface area is 161 Å². The van der Waals surface area contributed by atoms with E-state index in [0.29, 0.717) is 5.71 Å². The molecule has 2 atom stereocenters. The van der Waals surface area contributed by atoms with Gasteiger partial charge in [0, 0.05) is 17.7 Å². The molecule has 0 aliphatic heterocycles. The predicted octanol–water partition coefficient (Wildman–Crippen LogP) is 1.31. The van der Waals surface area contributed by atoms with Gasteiger partial charge in [-0.05, 0) is 11.1 Å². The van der Waals surface area contributed by atoms with Gasteiger partial charge in [0.25, 0.3) is 0 Å². The summed E-state index contributed by atoms with van der Waals surface area (Å²) in [4.78, 5) is 27.0. The summed E-state index contributed by atoms with van der Waals surface area (Å²) in [5.41, 5.74) is 4.65. The highest BCUT2D eigenvalue weighted by Gasteiger charge is 2.25. The second-order valence-electron chi connectivity index (χ2n) is 6.38. The molecule has 0 aromatic heterocycles. The third kappa shape index (κ3) is 4.36. The summed E-state index contributed by atoms with van der Waals surface area (Å²) in [5, 5.41) is 34.4. The summed E-state index contributed by atoms with van der Waals surface area (Å²) in [7, 11) is 0. The fourth-order valence-electron chi connectivity index (χ4n) is 3.04. The Kier molecular flexibility index (Phi) is 6.03. The molecule has 146 valence electrons. The quantitative estimate of drug-likeness (QED) is 0.410. The van der Waals surface area contributed by atoms with Crippen LogP contribution in [-0.2, 0) is 14.4 Å². The number of benzene rings is 2. The number of hydrogen-bond donors (Lipinski definition) is 4. The zero-order chi connectivity index (χ0) is 20.1. The fraction of sp³-hybridized carbons (Fsp3) is 0.250. The molecule has 0 saturated heterocycles. The first-order chi connectivity index (χ1) is 13.5. The minimum absolute atomic E-state index is 0.137. The van der Waals surface area contributed by atoms with Crippen molar-refractivity contribution in [3.05, 3.63) is 59.7 Å². The monoisotopic (exact) mass is 384 g/mol. The lowest BCUT2D eigenvalue weighted by atomic mass is 10.1. The van der Waals surface area contributed by atoms with Crippen LogP contribution in [-0.4, -0.2) is 58.3 Å². The maximum absolute atomic E-state index is 11.0. The highest BCUT2D eigenvalue weighted by atomic mass is 16.6. The number of aliphatic carboxylic acids is 2. The van der Waals surface area contributed by atoms with Crippen LogP contribution in [0.1, 0.15) is 17.5 Å². The number of nitrogens with zero attached hydrogens (tertiary/aromatic N) is 1. The van der Waals surface area contributed by atoms with Gasteiger partial charge in [-0.15, -0.1) is 0 Å². The molecule has 0 radical (unpaired) electrons. The van der Waals surface area contributed by atoms with Crippen LogP contribution in [0, 0.1) is 0 Å². The van der Waals surface area contributed by atoms with Gasteiger partial charge in [0.15, 0.2) is 0 Å². The van der Waals surface area contributed by atoms with Crippen molar-refractivity contribution >= 4 is 17.7 Å². The van der Waals surface area contributed by atoms with E-state index < -0.39 is 30.5 Å². The summed E-state index contributed by atoms with van der Waals surface area (Å²) in [6, 6.07) is 14.3. The molecule has 3 rings (SSSR count).